The van der Waals surface area contributed by atoms with Gasteiger partial charge in [-0.15, -0.1) is 0 Å². The van der Waals surface area contributed by atoms with Gasteiger partial charge in [0.05, 0.1) is 26.4 Å². The van der Waals surface area contributed by atoms with E-state index in [-0.39, 0.29) is 5.92 Å². The van der Waals surface area contributed by atoms with Gasteiger partial charge in [0, 0.05) is 5.92 Å². The van der Waals surface area contributed by atoms with Crippen LogP contribution >= 0.6 is 0 Å². The largest absolute Gasteiger partial charge is 0.468 e. The lowest BCUT2D eigenvalue weighted by molar-refractivity contribution is -0.145. The predicted molar refractivity (Wildman–Crippen MR) is 90.9 cm³/mol. The summed E-state index contributed by atoms with van der Waals surface area (Å²) < 4.78 is 10.5. The molecule has 2 rings (SSSR count). The lowest BCUT2D eigenvalue weighted by Gasteiger charge is -2.20. The van der Waals surface area contributed by atoms with Crippen molar-refractivity contribution in [3.8, 4) is 6.07 Å². The highest BCUT2D eigenvalue weighted by Crippen LogP contribution is 2.20. The number of nitriles is 1. The molecule has 0 radical (unpaired) electrons. The predicted octanol–water partition coefficient (Wildman–Crippen LogP) is 3.37. The summed E-state index contributed by atoms with van der Waals surface area (Å²) in [5, 5.41) is 9.39. The number of methoxy groups -OCH3 is 1. The fourth-order valence-corrected chi connectivity index (χ4v) is 2.57. The second-order valence-corrected chi connectivity index (χ2v) is 5.58. The van der Waals surface area contributed by atoms with Crippen LogP contribution in [0.15, 0.2) is 60.7 Å². The van der Waals surface area contributed by atoms with E-state index in [4.69, 9.17) is 9.47 Å². The zero-order valence-corrected chi connectivity index (χ0v) is 13.7. The Kier molecular flexibility index (Phi) is 7.00. The number of nitrogens with zero attached hydrogens (tertiary/aromatic N) is 1. The smallest absolute Gasteiger partial charge is 0.323 e. The fourth-order valence-electron chi connectivity index (χ4n) is 2.57. The van der Waals surface area contributed by atoms with Crippen LogP contribution in [0, 0.1) is 23.2 Å². The van der Waals surface area contributed by atoms with Crippen molar-refractivity contribution in [2.75, 3.05) is 13.7 Å². The molecule has 0 saturated carbocycles. The van der Waals surface area contributed by atoms with Crippen LogP contribution in [0.2, 0.25) is 0 Å². The van der Waals surface area contributed by atoms with Crippen molar-refractivity contribution >= 4 is 5.97 Å². The van der Waals surface area contributed by atoms with Gasteiger partial charge in [-0.05, 0) is 17.5 Å². The summed E-state index contributed by atoms with van der Waals surface area (Å²) in [6.45, 7) is 0.766. The Morgan fingerprint density at radius 1 is 1.04 bits per heavy atom. The van der Waals surface area contributed by atoms with E-state index in [1.165, 1.54) is 7.11 Å². The second kappa shape index (κ2) is 9.49. The summed E-state index contributed by atoms with van der Waals surface area (Å²) in [5.41, 5.74) is 2.12. The Morgan fingerprint density at radius 2 is 1.62 bits per heavy atom. The van der Waals surface area contributed by atoms with E-state index < -0.39 is 11.9 Å². The van der Waals surface area contributed by atoms with E-state index in [1.54, 1.807) is 0 Å². The van der Waals surface area contributed by atoms with Crippen molar-refractivity contribution in [1.82, 2.24) is 0 Å². The van der Waals surface area contributed by atoms with Crippen molar-refractivity contribution in [2.45, 2.75) is 13.0 Å². The quantitative estimate of drug-likeness (QED) is 0.699. The molecule has 0 fully saturated rings. The van der Waals surface area contributed by atoms with Crippen molar-refractivity contribution in [2.24, 2.45) is 11.8 Å². The van der Waals surface area contributed by atoms with Crippen LogP contribution < -0.4 is 0 Å². The molecule has 0 aliphatic carbocycles. The molecule has 0 saturated heterocycles. The second-order valence-electron chi connectivity index (χ2n) is 5.58. The summed E-state index contributed by atoms with van der Waals surface area (Å²) in [6, 6.07) is 21.7. The molecule has 4 heteroatoms. The topological polar surface area (TPSA) is 59.3 Å². The number of carbonyl (C=O) groups is 1. The van der Waals surface area contributed by atoms with Crippen molar-refractivity contribution in [3.05, 3.63) is 71.8 Å². The van der Waals surface area contributed by atoms with Gasteiger partial charge in [-0.2, -0.15) is 5.26 Å². The van der Waals surface area contributed by atoms with Gasteiger partial charge in [0.1, 0.15) is 5.92 Å². The summed E-state index contributed by atoms with van der Waals surface area (Å²) in [6.07, 6.45) is 0.586. The summed E-state index contributed by atoms with van der Waals surface area (Å²) in [5.74, 6) is -1.61. The maximum absolute atomic E-state index is 11.9. The summed E-state index contributed by atoms with van der Waals surface area (Å²) in [4.78, 5) is 11.9. The lowest BCUT2D eigenvalue weighted by Crippen LogP contribution is -2.29. The highest BCUT2D eigenvalue weighted by molar-refractivity contribution is 5.75. The molecule has 0 aliphatic rings. The third-order valence-corrected chi connectivity index (χ3v) is 3.85. The molecule has 2 atom stereocenters. The maximum Gasteiger partial charge on any atom is 0.323 e. The summed E-state index contributed by atoms with van der Waals surface area (Å²) in [7, 11) is 1.30. The van der Waals surface area contributed by atoms with Gasteiger partial charge in [-0.3, -0.25) is 4.79 Å². The molecule has 0 N–H and O–H groups in total. The van der Waals surface area contributed by atoms with Crippen LogP contribution in [-0.4, -0.2) is 19.7 Å². The molecule has 1 unspecified atom stereocenters. The number of benzene rings is 2. The number of hydrogen-bond acceptors (Lipinski definition) is 4. The highest BCUT2D eigenvalue weighted by atomic mass is 16.5. The first-order valence-electron chi connectivity index (χ1n) is 7.87. The molecule has 0 aromatic heterocycles. The SMILES string of the molecule is COC(=O)C(C#N)[C@@H](COCc1ccccc1)Cc1ccccc1. The van der Waals surface area contributed by atoms with Crippen molar-refractivity contribution in [1.29, 1.82) is 5.26 Å². The van der Waals surface area contributed by atoms with E-state index in [0.717, 1.165) is 11.1 Å². The van der Waals surface area contributed by atoms with Gasteiger partial charge in [0.15, 0.2) is 0 Å². The first-order chi connectivity index (χ1) is 11.7. The highest BCUT2D eigenvalue weighted by Gasteiger charge is 2.29. The molecular formula is C20H21NO3. The van der Waals surface area contributed by atoms with Crippen molar-refractivity contribution in [3.63, 3.8) is 0 Å². The average molecular weight is 323 g/mol. The van der Waals surface area contributed by atoms with Gasteiger partial charge in [0.25, 0.3) is 0 Å². The lowest BCUT2D eigenvalue weighted by atomic mass is 9.88. The third kappa shape index (κ3) is 5.22. The molecule has 124 valence electrons. The Morgan fingerprint density at radius 3 is 2.17 bits per heavy atom. The van der Waals surface area contributed by atoms with Gasteiger partial charge >= 0.3 is 5.97 Å². The molecule has 2 aromatic rings. The van der Waals surface area contributed by atoms with Crippen LogP contribution in [0.5, 0.6) is 0 Å². The first-order valence-corrected chi connectivity index (χ1v) is 7.87. The Bertz CT molecular complexity index is 664. The zero-order chi connectivity index (χ0) is 17.2. The number of ether oxygens (including phenoxy) is 2. The monoisotopic (exact) mass is 323 g/mol. The van der Waals surface area contributed by atoms with Crippen LogP contribution in [0.3, 0.4) is 0 Å². The summed E-state index contributed by atoms with van der Waals surface area (Å²) >= 11 is 0. The van der Waals surface area contributed by atoms with Gasteiger partial charge in [-0.25, -0.2) is 0 Å². The minimum Gasteiger partial charge on any atom is -0.468 e. The normalized spacial score (nSPS) is 12.8. The number of rotatable bonds is 8. The molecule has 0 heterocycles. The first kappa shape index (κ1) is 17.7. The average Bonchev–Trinajstić information content (AvgIpc) is 2.63. The number of carbonyl (C=O) groups excluding carboxylic acids is 1. The third-order valence-electron chi connectivity index (χ3n) is 3.85. The van der Waals surface area contributed by atoms with Crippen LogP contribution in [0.1, 0.15) is 11.1 Å². The molecule has 0 aliphatic heterocycles. The molecule has 4 nitrogen and oxygen atoms in total. The van der Waals surface area contributed by atoms with Crippen LogP contribution in [-0.2, 0) is 27.3 Å². The van der Waals surface area contributed by atoms with Crippen molar-refractivity contribution < 1.29 is 14.3 Å². The van der Waals surface area contributed by atoms with E-state index in [0.29, 0.717) is 19.6 Å². The number of hydrogen-bond donors (Lipinski definition) is 0. The van der Waals surface area contributed by atoms with E-state index in [9.17, 15) is 10.1 Å². The fraction of sp³-hybridized carbons (Fsp3) is 0.300. The van der Waals surface area contributed by atoms with E-state index in [1.807, 2.05) is 60.7 Å². The van der Waals surface area contributed by atoms with Crippen LogP contribution in [0.25, 0.3) is 0 Å². The van der Waals surface area contributed by atoms with Crippen LogP contribution in [0.4, 0.5) is 0 Å². The number of esters is 1. The molecule has 2 aromatic carbocycles. The van der Waals surface area contributed by atoms with E-state index in [2.05, 4.69) is 6.07 Å². The molecular weight excluding hydrogens is 302 g/mol. The molecule has 24 heavy (non-hydrogen) atoms. The standard InChI is InChI=1S/C20H21NO3/c1-23-20(22)19(13-21)18(12-16-8-4-2-5-9-16)15-24-14-17-10-6-3-7-11-17/h2-11,18-19H,12,14-15H2,1H3/t18-,19?/m1/s1. The molecule has 0 bridgehead atoms. The molecule has 0 spiro atoms. The van der Waals surface area contributed by atoms with Gasteiger partial charge in [-0.1, -0.05) is 60.7 Å². The van der Waals surface area contributed by atoms with Gasteiger partial charge < -0.3 is 9.47 Å². The van der Waals surface area contributed by atoms with Gasteiger partial charge in [0.2, 0.25) is 0 Å². The Hall–Kier alpha value is -2.64. The molecule has 0 amide bonds. The Labute approximate surface area is 142 Å². The zero-order valence-electron chi connectivity index (χ0n) is 13.7. The minimum absolute atomic E-state index is 0.256. The van der Waals surface area contributed by atoms with E-state index >= 15 is 0 Å². The Balaban J connectivity index is 2.04. The maximum atomic E-state index is 11.9. The minimum atomic E-state index is -0.842.